The fraction of sp³-hybridized carbons (Fsp3) is 0.417. The number of hydrogen-bond acceptors (Lipinski definition) is 2. The third-order valence-electron chi connectivity index (χ3n) is 2.54. The van der Waals surface area contributed by atoms with Crippen LogP contribution in [0.25, 0.3) is 0 Å². The Morgan fingerprint density at radius 1 is 1.44 bits per heavy atom. The summed E-state index contributed by atoms with van der Waals surface area (Å²) in [6.45, 7) is 1.77. The molecule has 0 bridgehead atoms. The molecule has 0 spiro atoms. The van der Waals surface area contributed by atoms with Crippen LogP contribution in [0, 0.1) is 0 Å². The van der Waals surface area contributed by atoms with Crippen molar-refractivity contribution >= 4 is 5.97 Å². The van der Waals surface area contributed by atoms with E-state index in [1.165, 1.54) is 12.1 Å². The van der Waals surface area contributed by atoms with E-state index in [4.69, 9.17) is 5.11 Å². The average Bonchev–Trinajstić information content (AvgIpc) is 2.29. The third-order valence-corrected chi connectivity index (χ3v) is 2.54. The second-order valence-electron chi connectivity index (χ2n) is 3.74. The fourth-order valence-electron chi connectivity index (χ4n) is 1.73. The highest BCUT2D eigenvalue weighted by Gasteiger charge is 2.42. The van der Waals surface area contributed by atoms with Gasteiger partial charge in [0.05, 0.1) is 0 Å². The van der Waals surface area contributed by atoms with E-state index >= 15 is 0 Å². The van der Waals surface area contributed by atoms with Gasteiger partial charge in [0.2, 0.25) is 6.17 Å². The Balaban J connectivity index is 3.11. The number of benzene rings is 1. The molecular formula is C12H15FO3. The van der Waals surface area contributed by atoms with Gasteiger partial charge in [0.25, 0.3) is 0 Å². The number of carboxylic acid groups (broad SMARTS) is 1. The Morgan fingerprint density at radius 2 is 2.00 bits per heavy atom. The highest BCUT2D eigenvalue weighted by Crippen LogP contribution is 2.32. The summed E-state index contributed by atoms with van der Waals surface area (Å²) < 4.78 is 13.6. The van der Waals surface area contributed by atoms with Crippen molar-refractivity contribution in [2.45, 2.75) is 31.5 Å². The number of aliphatic hydroxyl groups is 1. The van der Waals surface area contributed by atoms with Gasteiger partial charge in [-0.25, -0.2) is 9.18 Å². The number of rotatable bonds is 5. The maximum atomic E-state index is 13.6. The molecule has 1 aromatic carbocycles. The van der Waals surface area contributed by atoms with Crippen LogP contribution in [0.15, 0.2) is 30.3 Å². The minimum atomic E-state index is -2.31. The zero-order chi connectivity index (χ0) is 12.2. The molecular weight excluding hydrogens is 211 g/mol. The van der Waals surface area contributed by atoms with Crippen LogP contribution in [-0.2, 0) is 10.4 Å². The third kappa shape index (κ3) is 2.39. The second-order valence-corrected chi connectivity index (χ2v) is 3.74. The minimum Gasteiger partial charge on any atom is -0.479 e. The van der Waals surface area contributed by atoms with E-state index in [0.29, 0.717) is 12.0 Å². The Labute approximate surface area is 93.5 Å². The van der Waals surface area contributed by atoms with Gasteiger partial charge in [-0.2, -0.15) is 0 Å². The van der Waals surface area contributed by atoms with Gasteiger partial charge < -0.3 is 10.2 Å². The molecule has 2 unspecified atom stereocenters. The second kappa shape index (κ2) is 5.07. The van der Waals surface area contributed by atoms with E-state index < -0.39 is 17.7 Å². The largest absolute Gasteiger partial charge is 0.479 e. The van der Waals surface area contributed by atoms with Crippen molar-refractivity contribution in [3.8, 4) is 0 Å². The SMILES string of the molecule is CCCC(O)(c1ccccc1)C(F)C(=O)O. The average molecular weight is 226 g/mol. The van der Waals surface area contributed by atoms with Crippen LogP contribution in [-0.4, -0.2) is 22.4 Å². The van der Waals surface area contributed by atoms with Gasteiger partial charge in [-0.3, -0.25) is 0 Å². The molecule has 0 heterocycles. The van der Waals surface area contributed by atoms with E-state index in [1.54, 1.807) is 25.1 Å². The van der Waals surface area contributed by atoms with Crippen molar-refractivity contribution in [3.05, 3.63) is 35.9 Å². The first-order valence-corrected chi connectivity index (χ1v) is 5.17. The van der Waals surface area contributed by atoms with E-state index in [9.17, 15) is 14.3 Å². The maximum absolute atomic E-state index is 13.6. The minimum absolute atomic E-state index is 0.0739. The predicted molar refractivity (Wildman–Crippen MR) is 57.8 cm³/mol. The summed E-state index contributed by atoms with van der Waals surface area (Å²) in [5.74, 6) is -1.64. The van der Waals surface area contributed by atoms with Crippen LogP contribution in [0.1, 0.15) is 25.3 Å². The molecule has 4 heteroatoms. The smallest absolute Gasteiger partial charge is 0.341 e. The molecule has 0 amide bonds. The zero-order valence-corrected chi connectivity index (χ0v) is 9.06. The molecule has 0 aromatic heterocycles. The number of carboxylic acids is 1. The lowest BCUT2D eigenvalue weighted by Crippen LogP contribution is -2.41. The highest BCUT2D eigenvalue weighted by atomic mass is 19.1. The molecule has 16 heavy (non-hydrogen) atoms. The summed E-state index contributed by atoms with van der Waals surface area (Å²) in [5, 5.41) is 18.8. The number of aliphatic carboxylic acids is 1. The maximum Gasteiger partial charge on any atom is 0.341 e. The molecule has 1 rings (SSSR count). The van der Waals surface area contributed by atoms with Gasteiger partial charge >= 0.3 is 5.97 Å². The summed E-state index contributed by atoms with van der Waals surface area (Å²) in [6.07, 6.45) is -1.74. The normalized spacial score (nSPS) is 16.4. The lowest BCUT2D eigenvalue weighted by Gasteiger charge is -2.29. The Morgan fingerprint density at radius 3 is 2.44 bits per heavy atom. The molecule has 2 N–H and O–H groups in total. The molecule has 3 nitrogen and oxygen atoms in total. The van der Waals surface area contributed by atoms with Crippen molar-refractivity contribution in [3.63, 3.8) is 0 Å². The number of alkyl halides is 1. The monoisotopic (exact) mass is 226 g/mol. The van der Waals surface area contributed by atoms with E-state index in [-0.39, 0.29) is 6.42 Å². The summed E-state index contributed by atoms with van der Waals surface area (Å²) in [7, 11) is 0. The first-order chi connectivity index (χ1) is 7.52. The van der Waals surface area contributed by atoms with Crippen LogP contribution in [0.3, 0.4) is 0 Å². The molecule has 0 aliphatic carbocycles. The molecule has 1 aromatic rings. The number of carbonyl (C=O) groups is 1. The molecule has 0 radical (unpaired) electrons. The van der Waals surface area contributed by atoms with Crippen LogP contribution in [0.2, 0.25) is 0 Å². The molecule has 0 fully saturated rings. The summed E-state index contributed by atoms with van der Waals surface area (Å²) in [6, 6.07) is 8.08. The lowest BCUT2D eigenvalue weighted by molar-refractivity contribution is -0.156. The standard InChI is InChI=1S/C12H15FO3/c1-2-8-12(16,10(13)11(14)15)9-6-4-3-5-7-9/h3-7,10,16H,2,8H2,1H3,(H,14,15). The van der Waals surface area contributed by atoms with Gasteiger partial charge in [0, 0.05) is 0 Å². The van der Waals surface area contributed by atoms with Crippen molar-refractivity contribution in [1.82, 2.24) is 0 Å². The van der Waals surface area contributed by atoms with Gasteiger partial charge in [-0.15, -0.1) is 0 Å². The van der Waals surface area contributed by atoms with E-state index in [0.717, 1.165) is 0 Å². The summed E-state index contributed by atoms with van der Waals surface area (Å²) in [5.41, 5.74) is -1.64. The van der Waals surface area contributed by atoms with E-state index in [1.807, 2.05) is 0 Å². The van der Waals surface area contributed by atoms with Gasteiger partial charge in [-0.05, 0) is 12.0 Å². The molecule has 0 aliphatic rings. The van der Waals surface area contributed by atoms with Gasteiger partial charge in [0.1, 0.15) is 5.60 Å². The molecule has 0 saturated heterocycles. The number of hydrogen-bond donors (Lipinski definition) is 2. The molecule has 0 saturated carbocycles. The van der Waals surface area contributed by atoms with E-state index in [2.05, 4.69) is 0 Å². The van der Waals surface area contributed by atoms with Crippen molar-refractivity contribution in [2.24, 2.45) is 0 Å². The van der Waals surface area contributed by atoms with Crippen LogP contribution in [0.4, 0.5) is 4.39 Å². The Hall–Kier alpha value is -1.42. The molecule has 0 aliphatic heterocycles. The first kappa shape index (κ1) is 12.6. The lowest BCUT2D eigenvalue weighted by atomic mass is 9.85. The zero-order valence-electron chi connectivity index (χ0n) is 9.06. The molecule has 2 atom stereocenters. The topological polar surface area (TPSA) is 57.5 Å². The predicted octanol–water partition coefficient (Wildman–Crippen LogP) is 2.10. The fourth-order valence-corrected chi connectivity index (χ4v) is 1.73. The Kier molecular flexibility index (Phi) is 4.01. The Bertz CT molecular complexity index is 353. The molecule has 88 valence electrons. The van der Waals surface area contributed by atoms with Crippen LogP contribution in [0.5, 0.6) is 0 Å². The van der Waals surface area contributed by atoms with Crippen molar-refractivity contribution < 1.29 is 19.4 Å². The quantitative estimate of drug-likeness (QED) is 0.808. The summed E-state index contributed by atoms with van der Waals surface area (Å²) >= 11 is 0. The van der Waals surface area contributed by atoms with Crippen molar-refractivity contribution in [1.29, 1.82) is 0 Å². The first-order valence-electron chi connectivity index (χ1n) is 5.17. The summed E-state index contributed by atoms with van der Waals surface area (Å²) in [4.78, 5) is 10.7. The number of halogens is 1. The van der Waals surface area contributed by atoms with Crippen molar-refractivity contribution in [2.75, 3.05) is 0 Å². The van der Waals surface area contributed by atoms with Crippen LogP contribution < -0.4 is 0 Å². The highest BCUT2D eigenvalue weighted by molar-refractivity contribution is 5.74. The van der Waals surface area contributed by atoms with Crippen LogP contribution >= 0.6 is 0 Å². The van der Waals surface area contributed by atoms with Gasteiger partial charge in [-0.1, -0.05) is 43.7 Å². The van der Waals surface area contributed by atoms with Gasteiger partial charge in [0.15, 0.2) is 0 Å².